The van der Waals surface area contributed by atoms with E-state index in [-0.39, 0.29) is 0 Å². The van der Waals surface area contributed by atoms with Gasteiger partial charge in [0.15, 0.2) is 0 Å². The molecule has 5 heteroatoms. The molecule has 94 valence electrons. The Morgan fingerprint density at radius 1 is 1.28 bits per heavy atom. The lowest BCUT2D eigenvalue weighted by molar-refractivity contribution is 0.340. The van der Waals surface area contributed by atoms with Crippen molar-refractivity contribution in [1.82, 2.24) is 4.98 Å². The highest BCUT2D eigenvalue weighted by atomic mass is 79.9. The molecule has 0 aliphatic rings. The molecule has 0 aliphatic carbocycles. The highest BCUT2D eigenvalue weighted by Gasteiger charge is 2.03. The lowest BCUT2D eigenvalue weighted by Gasteiger charge is -2.09. The van der Waals surface area contributed by atoms with Crippen molar-refractivity contribution in [2.75, 3.05) is 11.9 Å². The second-order valence-electron chi connectivity index (χ2n) is 3.57. The minimum absolute atomic E-state index is 0.656. The number of halogens is 2. The summed E-state index contributed by atoms with van der Waals surface area (Å²) in [5, 5.41) is 3.24. The number of hydrogen-bond acceptors (Lipinski definition) is 3. The number of anilines is 2. The van der Waals surface area contributed by atoms with Crippen LogP contribution in [0, 0.1) is 0 Å². The van der Waals surface area contributed by atoms with E-state index in [0.717, 1.165) is 26.2 Å². The number of hydrogen-bond donors (Lipinski definition) is 1. The SMILES string of the molecule is CCOc1cccc(Nc2ncc(Br)cc2Br)c1. The number of aromatic nitrogens is 1. The molecule has 0 atom stereocenters. The third-order valence-corrected chi connectivity index (χ3v) is 3.25. The van der Waals surface area contributed by atoms with Gasteiger partial charge in [-0.05, 0) is 57.0 Å². The number of nitrogens with zero attached hydrogens (tertiary/aromatic N) is 1. The van der Waals surface area contributed by atoms with Crippen molar-refractivity contribution in [2.45, 2.75) is 6.92 Å². The quantitative estimate of drug-likeness (QED) is 0.842. The lowest BCUT2D eigenvalue weighted by Crippen LogP contribution is -1.96. The summed E-state index contributed by atoms with van der Waals surface area (Å²) in [4.78, 5) is 4.30. The zero-order valence-electron chi connectivity index (χ0n) is 9.78. The molecule has 3 nitrogen and oxygen atoms in total. The van der Waals surface area contributed by atoms with Crippen molar-refractivity contribution >= 4 is 43.4 Å². The number of pyridine rings is 1. The molecule has 2 rings (SSSR count). The van der Waals surface area contributed by atoms with Crippen LogP contribution in [-0.4, -0.2) is 11.6 Å². The zero-order chi connectivity index (χ0) is 13.0. The predicted molar refractivity (Wildman–Crippen MR) is 80.5 cm³/mol. The minimum Gasteiger partial charge on any atom is -0.494 e. The molecular formula is C13H12Br2N2O. The van der Waals surface area contributed by atoms with Crippen LogP contribution in [0.1, 0.15) is 6.92 Å². The van der Waals surface area contributed by atoms with Gasteiger partial charge in [0, 0.05) is 22.4 Å². The lowest BCUT2D eigenvalue weighted by atomic mass is 10.3. The van der Waals surface area contributed by atoms with E-state index in [2.05, 4.69) is 42.2 Å². The molecule has 0 radical (unpaired) electrons. The summed E-state index contributed by atoms with van der Waals surface area (Å²) < 4.78 is 7.29. The minimum atomic E-state index is 0.656. The Morgan fingerprint density at radius 2 is 2.11 bits per heavy atom. The van der Waals surface area contributed by atoms with Crippen molar-refractivity contribution < 1.29 is 4.74 Å². The first kappa shape index (κ1) is 13.4. The Kier molecular flexibility index (Phi) is 4.60. The smallest absolute Gasteiger partial charge is 0.144 e. The van der Waals surface area contributed by atoms with Crippen LogP contribution >= 0.6 is 31.9 Å². The van der Waals surface area contributed by atoms with E-state index in [1.54, 1.807) is 6.20 Å². The Labute approximate surface area is 123 Å². The molecule has 0 saturated heterocycles. The van der Waals surface area contributed by atoms with Crippen LogP contribution in [0.3, 0.4) is 0 Å². The third-order valence-electron chi connectivity index (χ3n) is 2.22. The molecule has 0 fully saturated rings. The summed E-state index contributed by atoms with van der Waals surface area (Å²) in [6.07, 6.45) is 1.75. The van der Waals surface area contributed by atoms with E-state index < -0.39 is 0 Å². The van der Waals surface area contributed by atoms with Crippen LogP contribution in [0.2, 0.25) is 0 Å². The highest BCUT2D eigenvalue weighted by molar-refractivity contribution is 9.11. The van der Waals surface area contributed by atoms with E-state index in [9.17, 15) is 0 Å². The summed E-state index contributed by atoms with van der Waals surface area (Å²) in [5.41, 5.74) is 0.941. The molecule has 0 unspecified atom stereocenters. The summed E-state index contributed by atoms with van der Waals surface area (Å²) in [6, 6.07) is 9.74. The largest absolute Gasteiger partial charge is 0.494 e. The van der Waals surface area contributed by atoms with Gasteiger partial charge in [-0.2, -0.15) is 0 Å². The van der Waals surface area contributed by atoms with Gasteiger partial charge in [0.1, 0.15) is 11.6 Å². The maximum atomic E-state index is 5.45. The van der Waals surface area contributed by atoms with E-state index in [4.69, 9.17) is 4.74 Å². The van der Waals surface area contributed by atoms with Crippen molar-refractivity contribution in [3.8, 4) is 5.75 Å². The molecule has 1 aromatic heterocycles. The summed E-state index contributed by atoms with van der Waals surface area (Å²) in [5.74, 6) is 1.61. The second kappa shape index (κ2) is 6.20. The average molecular weight is 372 g/mol. The summed E-state index contributed by atoms with van der Waals surface area (Å²) in [7, 11) is 0. The molecule has 1 aromatic carbocycles. The highest BCUT2D eigenvalue weighted by Crippen LogP contribution is 2.27. The number of nitrogens with one attached hydrogen (secondary N) is 1. The Balaban J connectivity index is 2.20. The molecule has 0 aliphatic heterocycles. The first-order valence-corrected chi connectivity index (χ1v) is 7.08. The fourth-order valence-electron chi connectivity index (χ4n) is 1.47. The monoisotopic (exact) mass is 370 g/mol. The van der Waals surface area contributed by atoms with Crippen molar-refractivity contribution in [3.63, 3.8) is 0 Å². The zero-order valence-corrected chi connectivity index (χ0v) is 13.0. The molecular weight excluding hydrogens is 360 g/mol. The molecule has 0 saturated carbocycles. The molecule has 0 spiro atoms. The Morgan fingerprint density at radius 3 is 2.83 bits per heavy atom. The summed E-state index contributed by atoms with van der Waals surface area (Å²) >= 11 is 6.84. The van der Waals surface area contributed by atoms with Gasteiger partial charge in [0.25, 0.3) is 0 Å². The summed E-state index contributed by atoms with van der Waals surface area (Å²) in [6.45, 7) is 2.62. The third kappa shape index (κ3) is 3.46. The van der Waals surface area contributed by atoms with Gasteiger partial charge in [-0.1, -0.05) is 6.07 Å². The fraction of sp³-hybridized carbons (Fsp3) is 0.154. The molecule has 1 heterocycles. The second-order valence-corrected chi connectivity index (χ2v) is 5.34. The van der Waals surface area contributed by atoms with Crippen LogP contribution in [0.5, 0.6) is 5.75 Å². The molecule has 0 bridgehead atoms. The molecule has 1 N–H and O–H groups in total. The van der Waals surface area contributed by atoms with Gasteiger partial charge in [-0.25, -0.2) is 4.98 Å². The van der Waals surface area contributed by atoms with E-state index in [0.29, 0.717) is 6.61 Å². The van der Waals surface area contributed by atoms with E-state index in [1.807, 2.05) is 37.3 Å². The number of rotatable bonds is 4. The van der Waals surface area contributed by atoms with Crippen molar-refractivity contribution in [1.29, 1.82) is 0 Å². The molecule has 0 amide bonds. The first-order valence-electron chi connectivity index (χ1n) is 5.50. The fourth-order valence-corrected chi connectivity index (χ4v) is 2.56. The van der Waals surface area contributed by atoms with Gasteiger partial charge in [0.2, 0.25) is 0 Å². The van der Waals surface area contributed by atoms with Crippen molar-refractivity contribution in [3.05, 3.63) is 45.5 Å². The maximum Gasteiger partial charge on any atom is 0.144 e. The standard InChI is InChI=1S/C13H12Br2N2O/c1-2-18-11-5-3-4-10(7-11)17-13-12(15)6-9(14)8-16-13/h3-8H,2H2,1H3,(H,16,17). The first-order chi connectivity index (χ1) is 8.69. The molecule has 18 heavy (non-hydrogen) atoms. The predicted octanol–water partition coefficient (Wildman–Crippen LogP) is 4.75. The topological polar surface area (TPSA) is 34.1 Å². The van der Waals surface area contributed by atoms with Crippen molar-refractivity contribution in [2.24, 2.45) is 0 Å². The number of benzene rings is 1. The Bertz CT molecular complexity index is 546. The van der Waals surface area contributed by atoms with Crippen LogP contribution in [-0.2, 0) is 0 Å². The van der Waals surface area contributed by atoms with Gasteiger partial charge in [0.05, 0.1) is 11.1 Å². The number of ether oxygens (including phenoxy) is 1. The van der Waals surface area contributed by atoms with Gasteiger partial charge in [-0.3, -0.25) is 0 Å². The maximum absolute atomic E-state index is 5.45. The van der Waals surface area contributed by atoms with E-state index in [1.165, 1.54) is 0 Å². The van der Waals surface area contributed by atoms with Crippen LogP contribution < -0.4 is 10.1 Å². The Hall–Kier alpha value is -1.07. The van der Waals surface area contributed by atoms with Gasteiger partial charge < -0.3 is 10.1 Å². The van der Waals surface area contributed by atoms with E-state index >= 15 is 0 Å². The van der Waals surface area contributed by atoms with Crippen LogP contribution in [0.4, 0.5) is 11.5 Å². The van der Waals surface area contributed by atoms with Crippen LogP contribution in [0.25, 0.3) is 0 Å². The average Bonchev–Trinajstić information content (AvgIpc) is 2.34. The van der Waals surface area contributed by atoms with Gasteiger partial charge in [-0.15, -0.1) is 0 Å². The molecule has 2 aromatic rings. The van der Waals surface area contributed by atoms with Crippen LogP contribution in [0.15, 0.2) is 45.5 Å². The normalized spacial score (nSPS) is 10.2. The van der Waals surface area contributed by atoms with Gasteiger partial charge >= 0.3 is 0 Å².